The Balaban J connectivity index is 3.62. The summed E-state index contributed by atoms with van der Waals surface area (Å²) >= 11 is 0. The fourth-order valence-electron chi connectivity index (χ4n) is 1.56. The van der Waals surface area contributed by atoms with Crippen LogP contribution in [0.1, 0.15) is 58.3 Å². The Bertz CT molecular complexity index is 320. The molecule has 7 nitrogen and oxygen atoms in total. The van der Waals surface area contributed by atoms with Crippen LogP contribution in [0.4, 0.5) is 0 Å². The van der Waals surface area contributed by atoms with E-state index < -0.39 is 23.9 Å². The van der Waals surface area contributed by atoms with Gasteiger partial charge in [-0.15, -0.1) is 0 Å². The Morgan fingerprint density at radius 1 is 0.950 bits per heavy atom. The Kier molecular flexibility index (Phi) is 10.3. The number of nitrogens with one attached hydrogen (secondary N) is 2. The summed E-state index contributed by atoms with van der Waals surface area (Å²) < 4.78 is 0. The van der Waals surface area contributed by atoms with Gasteiger partial charge in [0.25, 0.3) is 0 Å². The fourth-order valence-corrected chi connectivity index (χ4v) is 1.56. The van der Waals surface area contributed by atoms with Gasteiger partial charge in [0.05, 0.1) is 12.5 Å². The van der Waals surface area contributed by atoms with Crippen LogP contribution in [0.5, 0.6) is 0 Å². The fraction of sp³-hybridized carbons (Fsp3) is 0.769. The molecule has 0 saturated heterocycles. The number of unbranched alkanes of at least 4 members (excludes halogenated alkanes) is 2. The molecule has 0 radical (unpaired) electrons. The highest BCUT2D eigenvalue weighted by molar-refractivity contribution is 5.83. The maximum atomic E-state index is 11.4. The molecular weight excluding hydrogens is 264 g/mol. The van der Waals surface area contributed by atoms with Crippen LogP contribution < -0.4 is 10.9 Å². The number of aliphatic carboxylic acids is 1. The van der Waals surface area contributed by atoms with Crippen molar-refractivity contribution in [1.82, 2.24) is 10.9 Å². The van der Waals surface area contributed by atoms with Gasteiger partial charge in [-0.05, 0) is 12.8 Å². The molecule has 0 rings (SSSR count). The first kappa shape index (κ1) is 18.4. The molecule has 116 valence electrons. The van der Waals surface area contributed by atoms with Gasteiger partial charge in [-0.3, -0.25) is 25.2 Å². The number of hydrogen-bond donors (Lipinski definition) is 4. The maximum absolute atomic E-state index is 11.4. The molecule has 0 aromatic carbocycles. The molecule has 0 fully saturated rings. The van der Waals surface area contributed by atoms with Gasteiger partial charge >= 0.3 is 5.97 Å². The van der Waals surface area contributed by atoms with Gasteiger partial charge in [0, 0.05) is 12.8 Å². The third-order valence-electron chi connectivity index (χ3n) is 2.75. The van der Waals surface area contributed by atoms with Gasteiger partial charge in [0.15, 0.2) is 0 Å². The van der Waals surface area contributed by atoms with Crippen LogP contribution in [-0.2, 0) is 14.4 Å². The number of carbonyl (C=O) groups is 3. The second kappa shape index (κ2) is 11.2. The number of carbonyl (C=O) groups excluding carboxylic acids is 2. The van der Waals surface area contributed by atoms with E-state index in [1.807, 2.05) is 0 Å². The molecule has 4 N–H and O–H groups in total. The molecule has 0 aromatic heterocycles. The van der Waals surface area contributed by atoms with E-state index in [-0.39, 0.29) is 19.3 Å². The Labute approximate surface area is 118 Å². The van der Waals surface area contributed by atoms with Crippen molar-refractivity contribution in [3.05, 3.63) is 0 Å². The van der Waals surface area contributed by atoms with Crippen molar-refractivity contribution in [3.8, 4) is 0 Å². The Morgan fingerprint density at radius 3 is 2.10 bits per heavy atom. The van der Waals surface area contributed by atoms with Gasteiger partial charge in [-0.2, -0.15) is 0 Å². The third-order valence-corrected chi connectivity index (χ3v) is 2.75. The van der Waals surface area contributed by atoms with Crippen LogP contribution in [0.15, 0.2) is 0 Å². The Morgan fingerprint density at radius 2 is 1.55 bits per heavy atom. The summed E-state index contributed by atoms with van der Waals surface area (Å²) in [6, 6.07) is 0. The molecule has 20 heavy (non-hydrogen) atoms. The zero-order valence-electron chi connectivity index (χ0n) is 11.9. The number of aliphatic hydroxyl groups is 1. The van der Waals surface area contributed by atoms with Crippen LogP contribution in [0, 0.1) is 0 Å². The minimum absolute atomic E-state index is 0.118. The molecule has 0 aliphatic heterocycles. The summed E-state index contributed by atoms with van der Waals surface area (Å²) in [6.07, 6.45) is 3.24. The highest BCUT2D eigenvalue weighted by Gasteiger charge is 2.09. The molecule has 0 aliphatic carbocycles. The van der Waals surface area contributed by atoms with Crippen LogP contribution in [0.25, 0.3) is 0 Å². The minimum atomic E-state index is -1.07. The average Bonchev–Trinajstić information content (AvgIpc) is 2.40. The van der Waals surface area contributed by atoms with Gasteiger partial charge in [-0.1, -0.05) is 26.2 Å². The van der Waals surface area contributed by atoms with Gasteiger partial charge in [0.2, 0.25) is 11.8 Å². The highest BCUT2D eigenvalue weighted by Crippen LogP contribution is 2.07. The van der Waals surface area contributed by atoms with E-state index in [1.165, 1.54) is 0 Å². The van der Waals surface area contributed by atoms with Crippen LogP contribution in [0.3, 0.4) is 0 Å². The quantitative estimate of drug-likeness (QED) is 0.349. The summed E-state index contributed by atoms with van der Waals surface area (Å²) in [6.45, 7) is 2.08. The smallest absolute Gasteiger partial charge is 0.303 e. The largest absolute Gasteiger partial charge is 0.481 e. The second-order valence-corrected chi connectivity index (χ2v) is 4.68. The van der Waals surface area contributed by atoms with E-state index in [0.29, 0.717) is 12.8 Å². The summed E-state index contributed by atoms with van der Waals surface area (Å²) in [7, 11) is 0. The van der Waals surface area contributed by atoms with Crippen molar-refractivity contribution < 1.29 is 24.6 Å². The zero-order chi connectivity index (χ0) is 15.4. The lowest BCUT2D eigenvalue weighted by Crippen LogP contribution is -2.41. The molecule has 0 heterocycles. The first-order valence-corrected chi connectivity index (χ1v) is 6.93. The highest BCUT2D eigenvalue weighted by atomic mass is 16.4. The molecule has 0 spiro atoms. The van der Waals surface area contributed by atoms with Gasteiger partial charge < -0.3 is 10.2 Å². The van der Waals surface area contributed by atoms with E-state index in [0.717, 1.165) is 19.3 Å². The summed E-state index contributed by atoms with van der Waals surface area (Å²) in [5.74, 6) is -2.02. The molecule has 1 atom stereocenters. The van der Waals surface area contributed by atoms with E-state index >= 15 is 0 Å². The number of hydrogen-bond acceptors (Lipinski definition) is 4. The normalized spacial score (nSPS) is 11.7. The molecular formula is C13H24N2O5. The molecule has 0 aliphatic rings. The van der Waals surface area contributed by atoms with Crippen LogP contribution >= 0.6 is 0 Å². The predicted octanol–water partition coefficient (Wildman–Crippen LogP) is 0.720. The Hall–Kier alpha value is -1.63. The summed E-state index contributed by atoms with van der Waals surface area (Å²) in [5.41, 5.74) is 4.32. The van der Waals surface area contributed by atoms with Crippen molar-refractivity contribution >= 4 is 17.8 Å². The zero-order valence-corrected chi connectivity index (χ0v) is 11.9. The van der Waals surface area contributed by atoms with Crippen molar-refractivity contribution in [3.63, 3.8) is 0 Å². The van der Waals surface area contributed by atoms with Gasteiger partial charge in [0.1, 0.15) is 0 Å². The molecule has 0 bridgehead atoms. The number of carboxylic acids is 1. The molecule has 0 saturated carbocycles. The number of carboxylic acid groups (broad SMARTS) is 1. The van der Waals surface area contributed by atoms with Crippen molar-refractivity contribution in [2.45, 2.75) is 64.4 Å². The lowest BCUT2D eigenvalue weighted by Gasteiger charge is -2.10. The molecule has 0 unspecified atom stereocenters. The standard InChI is InChI=1S/C13H24N2O5/c1-2-3-4-5-10(16)6-7-11(17)14-15-12(18)8-9-13(19)20/h10,16H,2-9H2,1H3,(H,14,17)(H,15,18)(H,19,20)/t10-/m1/s1. The van der Waals surface area contributed by atoms with Gasteiger partial charge in [-0.25, -0.2) is 0 Å². The molecule has 2 amide bonds. The van der Waals surface area contributed by atoms with E-state index in [1.54, 1.807) is 0 Å². The third kappa shape index (κ3) is 11.5. The summed E-state index contributed by atoms with van der Waals surface area (Å²) in [4.78, 5) is 32.7. The number of aliphatic hydroxyl groups excluding tert-OH is 1. The molecule has 0 aromatic rings. The summed E-state index contributed by atoms with van der Waals surface area (Å²) in [5, 5.41) is 18.0. The minimum Gasteiger partial charge on any atom is -0.481 e. The molecule has 7 heteroatoms. The van der Waals surface area contributed by atoms with E-state index in [2.05, 4.69) is 17.8 Å². The SMILES string of the molecule is CCCCC[C@@H](O)CCC(=O)NNC(=O)CCC(=O)O. The number of amides is 2. The topological polar surface area (TPSA) is 116 Å². The van der Waals surface area contributed by atoms with Crippen molar-refractivity contribution in [2.75, 3.05) is 0 Å². The monoisotopic (exact) mass is 288 g/mol. The van der Waals surface area contributed by atoms with Crippen LogP contribution in [-0.4, -0.2) is 34.1 Å². The lowest BCUT2D eigenvalue weighted by atomic mass is 10.1. The first-order chi connectivity index (χ1) is 9.45. The first-order valence-electron chi connectivity index (χ1n) is 6.93. The van der Waals surface area contributed by atoms with Crippen molar-refractivity contribution in [2.24, 2.45) is 0 Å². The maximum Gasteiger partial charge on any atom is 0.303 e. The van der Waals surface area contributed by atoms with E-state index in [4.69, 9.17) is 5.11 Å². The van der Waals surface area contributed by atoms with Crippen molar-refractivity contribution in [1.29, 1.82) is 0 Å². The number of hydrazine groups is 1. The second-order valence-electron chi connectivity index (χ2n) is 4.68. The number of rotatable bonds is 10. The van der Waals surface area contributed by atoms with Crippen LogP contribution in [0.2, 0.25) is 0 Å². The average molecular weight is 288 g/mol. The van der Waals surface area contributed by atoms with E-state index in [9.17, 15) is 19.5 Å². The lowest BCUT2D eigenvalue weighted by molar-refractivity contribution is -0.139. The predicted molar refractivity (Wildman–Crippen MR) is 72.5 cm³/mol.